The lowest BCUT2D eigenvalue weighted by atomic mass is 9.63. The van der Waals surface area contributed by atoms with Crippen LogP contribution in [0.3, 0.4) is 0 Å². The molecular weight excluding hydrogens is 484 g/mol. The number of piperidine rings is 2. The molecule has 9 nitrogen and oxygen atoms in total. The molecule has 3 unspecified atom stereocenters. The third kappa shape index (κ3) is 4.78. The highest BCUT2D eigenvalue weighted by molar-refractivity contribution is 6.01. The smallest absolute Gasteiger partial charge is 0.410 e. The predicted molar refractivity (Wildman–Crippen MR) is 142 cm³/mol. The van der Waals surface area contributed by atoms with Crippen molar-refractivity contribution >= 4 is 28.8 Å². The van der Waals surface area contributed by atoms with Gasteiger partial charge in [0.25, 0.3) is 0 Å². The van der Waals surface area contributed by atoms with Gasteiger partial charge in [0.05, 0.1) is 17.0 Å². The van der Waals surface area contributed by atoms with Gasteiger partial charge < -0.3 is 19.6 Å². The number of carbonyl (C=O) groups is 3. The number of aliphatic hydroxyl groups is 1. The Balaban J connectivity index is 1.49. The average Bonchev–Trinajstić information content (AvgIpc) is 3.28. The van der Waals surface area contributed by atoms with E-state index >= 15 is 0 Å². The molecule has 3 aliphatic heterocycles. The molecule has 1 aromatic heterocycles. The largest absolute Gasteiger partial charge is 0.444 e. The summed E-state index contributed by atoms with van der Waals surface area (Å²) in [6.07, 6.45) is 3.29. The first-order valence-corrected chi connectivity index (χ1v) is 13.6. The Hall–Kier alpha value is -3.04. The molecule has 204 valence electrons. The van der Waals surface area contributed by atoms with Crippen LogP contribution in [0.1, 0.15) is 70.4 Å². The molecule has 0 radical (unpaired) electrons. The van der Waals surface area contributed by atoms with Crippen LogP contribution < -0.4 is 5.32 Å². The van der Waals surface area contributed by atoms with Crippen LogP contribution >= 0.6 is 0 Å². The zero-order valence-electron chi connectivity index (χ0n) is 22.7. The summed E-state index contributed by atoms with van der Waals surface area (Å²) in [6.45, 7) is 10.9. The molecule has 1 aromatic carbocycles. The molecule has 38 heavy (non-hydrogen) atoms. The second kappa shape index (κ2) is 9.61. The lowest BCUT2D eigenvalue weighted by molar-refractivity contribution is -0.135. The van der Waals surface area contributed by atoms with Crippen LogP contribution in [-0.2, 0) is 19.9 Å². The maximum atomic E-state index is 13.0. The van der Waals surface area contributed by atoms with Gasteiger partial charge in [0.15, 0.2) is 0 Å². The Kier molecular flexibility index (Phi) is 6.72. The van der Waals surface area contributed by atoms with Gasteiger partial charge in [-0.05, 0) is 82.4 Å². The SMILES string of the molecule is CCN1CCC2(C1)CN(C(=O)OC(C)(C)C)CCC2(O)c1ccc2ncc(C3CCC(=O)NC3=O)cc2c1. The van der Waals surface area contributed by atoms with Crippen LogP contribution in [0.4, 0.5) is 4.79 Å². The van der Waals surface area contributed by atoms with Crippen LogP contribution in [-0.4, -0.2) is 76.1 Å². The van der Waals surface area contributed by atoms with Gasteiger partial charge in [-0.15, -0.1) is 0 Å². The van der Waals surface area contributed by atoms with Crippen LogP contribution in [0.25, 0.3) is 10.9 Å². The molecule has 3 atom stereocenters. The van der Waals surface area contributed by atoms with Crippen molar-refractivity contribution in [1.82, 2.24) is 20.1 Å². The van der Waals surface area contributed by atoms with E-state index in [-0.39, 0.29) is 17.9 Å². The Bertz CT molecular complexity index is 1270. The van der Waals surface area contributed by atoms with Gasteiger partial charge in [-0.2, -0.15) is 0 Å². The van der Waals surface area contributed by atoms with Crippen molar-refractivity contribution in [2.24, 2.45) is 5.41 Å². The maximum Gasteiger partial charge on any atom is 0.410 e. The van der Waals surface area contributed by atoms with E-state index in [9.17, 15) is 19.5 Å². The van der Waals surface area contributed by atoms with Crippen LogP contribution in [0.15, 0.2) is 30.5 Å². The van der Waals surface area contributed by atoms with Crippen molar-refractivity contribution in [3.8, 4) is 0 Å². The van der Waals surface area contributed by atoms with E-state index in [1.165, 1.54) is 0 Å². The molecule has 5 rings (SSSR count). The lowest BCUT2D eigenvalue weighted by Crippen LogP contribution is -2.60. The van der Waals surface area contributed by atoms with Gasteiger partial charge in [-0.1, -0.05) is 13.0 Å². The van der Waals surface area contributed by atoms with Crippen molar-refractivity contribution < 1.29 is 24.2 Å². The minimum absolute atomic E-state index is 0.245. The molecule has 3 saturated heterocycles. The second-order valence-electron chi connectivity index (χ2n) is 12.1. The van der Waals surface area contributed by atoms with E-state index in [4.69, 9.17) is 4.74 Å². The number of aromatic nitrogens is 1. The number of nitrogens with one attached hydrogen (secondary N) is 1. The first-order valence-electron chi connectivity index (χ1n) is 13.6. The van der Waals surface area contributed by atoms with E-state index in [2.05, 4.69) is 22.1 Å². The van der Waals surface area contributed by atoms with Gasteiger partial charge >= 0.3 is 6.09 Å². The van der Waals surface area contributed by atoms with Crippen molar-refractivity contribution in [2.75, 3.05) is 32.7 Å². The Morgan fingerprint density at radius 1 is 1.18 bits per heavy atom. The van der Waals surface area contributed by atoms with E-state index in [1.54, 1.807) is 11.1 Å². The number of rotatable bonds is 3. The Morgan fingerprint density at radius 3 is 2.66 bits per heavy atom. The highest BCUT2D eigenvalue weighted by Crippen LogP contribution is 2.52. The van der Waals surface area contributed by atoms with E-state index in [0.29, 0.717) is 38.9 Å². The molecule has 3 aliphatic rings. The Labute approximate surface area is 223 Å². The van der Waals surface area contributed by atoms with E-state index in [0.717, 1.165) is 41.5 Å². The number of nitrogens with zero attached hydrogens (tertiary/aromatic N) is 3. The monoisotopic (exact) mass is 522 g/mol. The van der Waals surface area contributed by atoms with Crippen molar-refractivity contribution in [1.29, 1.82) is 0 Å². The molecule has 3 amide bonds. The molecule has 0 aliphatic carbocycles. The van der Waals surface area contributed by atoms with Gasteiger partial charge in [0.1, 0.15) is 5.60 Å². The van der Waals surface area contributed by atoms with Crippen LogP contribution in [0.5, 0.6) is 0 Å². The summed E-state index contributed by atoms with van der Waals surface area (Å²) in [5.74, 6) is -0.964. The number of hydrogen-bond donors (Lipinski definition) is 2. The summed E-state index contributed by atoms with van der Waals surface area (Å²) in [5.41, 5.74) is 0.0621. The minimum Gasteiger partial charge on any atom is -0.444 e. The molecular formula is C29H38N4O5. The number of carbonyl (C=O) groups excluding carboxylic acids is 3. The van der Waals surface area contributed by atoms with Gasteiger partial charge in [0, 0.05) is 43.1 Å². The third-order valence-electron chi connectivity index (χ3n) is 8.47. The summed E-state index contributed by atoms with van der Waals surface area (Å²) >= 11 is 0. The number of likely N-dealkylation sites (tertiary alicyclic amines) is 2. The number of fused-ring (bicyclic) bond motifs is 1. The fourth-order valence-corrected chi connectivity index (χ4v) is 6.37. The molecule has 9 heteroatoms. The summed E-state index contributed by atoms with van der Waals surface area (Å²) in [6, 6.07) is 7.79. The van der Waals surface area contributed by atoms with Crippen LogP contribution in [0.2, 0.25) is 0 Å². The standard InChI is InChI=1S/C29H38N4O5/c1-5-32-12-10-28(17-32)18-33(26(36)38-27(2,3)4)13-11-29(28,37)21-6-8-23-19(15-21)14-20(16-30-23)22-7-9-24(34)31-25(22)35/h6,8,14-16,22,37H,5,7,9-13,17-18H2,1-4H3,(H,31,34,35). The second-order valence-corrected chi connectivity index (χ2v) is 12.1. The van der Waals surface area contributed by atoms with E-state index in [1.807, 2.05) is 45.0 Å². The first kappa shape index (κ1) is 26.6. The molecule has 4 heterocycles. The fraction of sp³-hybridized carbons (Fsp3) is 0.586. The summed E-state index contributed by atoms with van der Waals surface area (Å²) in [7, 11) is 0. The van der Waals surface area contributed by atoms with E-state index < -0.39 is 22.5 Å². The molecule has 3 fully saturated rings. The van der Waals surface area contributed by atoms with Crippen molar-refractivity contribution in [3.63, 3.8) is 0 Å². The normalized spacial score (nSPS) is 28.7. The van der Waals surface area contributed by atoms with Gasteiger partial charge in [0.2, 0.25) is 11.8 Å². The third-order valence-corrected chi connectivity index (χ3v) is 8.47. The highest BCUT2D eigenvalue weighted by atomic mass is 16.6. The zero-order chi connectivity index (χ0) is 27.3. The molecule has 1 spiro atoms. The number of amides is 3. The summed E-state index contributed by atoms with van der Waals surface area (Å²) in [5, 5.41) is 15.7. The highest BCUT2D eigenvalue weighted by Gasteiger charge is 2.58. The number of hydrogen-bond acceptors (Lipinski definition) is 7. The molecule has 0 saturated carbocycles. The predicted octanol–water partition coefficient (Wildman–Crippen LogP) is 3.30. The number of ether oxygens (including phenoxy) is 1. The molecule has 0 bridgehead atoms. The summed E-state index contributed by atoms with van der Waals surface area (Å²) in [4.78, 5) is 45.7. The number of imide groups is 1. The zero-order valence-corrected chi connectivity index (χ0v) is 22.7. The topological polar surface area (TPSA) is 112 Å². The van der Waals surface area contributed by atoms with Crippen molar-refractivity contribution in [3.05, 3.63) is 41.6 Å². The average molecular weight is 523 g/mol. The summed E-state index contributed by atoms with van der Waals surface area (Å²) < 4.78 is 5.68. The van der Waals surface area contributed by atoms with Crippen molar-refractivity contribution in [2.45, 2.75) is 70.5 Å². The quantitative estimate of drug-likeness (QED) is 0.595. The fourth-order valence-electron chi connectivity index (χ4n) is 6.37. The number of benzene rings is 1. The lowest BCUT2D eigenvalue weighted by Gasteiger charge is -2.52. The molecule has 2 N–H and O–H groups in total. The minimum atomic E-state index is -1.14. The van der Waals surface area contributed by atoms with Crippen LogP contribution in [0, 0.1) is 5.41 Å². The van der Waals surface area contributed by atoms with Gasteiger partial charge in [-0.3, -0.25) is 19.9 Å². The maximum absolute atomic E-state index is 13.0. The van der Waals surface area contributed by atoms with Gasteiger partial charge in [-0.25, -0.2) is 4.79 Å². The first-order chi connectivity index (χ1) is 17.9. The number of pyridine rings is 1. The molecule has 2 aromatic rings. The Morgan fingerprint density at radius 2 is 1.97 bits per heavy atom.